The Morgan fingerprint density at radius 1 is 1.10 bits per heavy atom. The van der Waals surface area contributed by atoms with Gasteiger partial charge in [0.25, 0.3) is 0 Å². The highest BCUT2D eigenvalue weighted by Gasteiger charge is 2.44. The Balaban J connectivity index is 1.99. The van der Waals surface area contributed by atoms with Crippen LogP contribution in [0, 0.1) is 16.7 Å². The normalized spacial score (nSPS) is 21.1. The van der Waals surface area contributed by atoms with E-state index in [1.807, 2.05) is 35.2 Å². The number of nitrogens with zero attached hydrogens (tertiary/aromatic N) is 2. The van der Waals surface area contributed by atoms with Crippen LogP contribution >= 0.6 is 0 Å². The van der Waals surface area contributed by atoms with E-state index in [0.717, 1.165) is 16.9 Å². The molecular formula is C24H22N3O2-. The Kier molecular flexibility index (Phi) is 4.43. The van der Waals surface area contributed by atoms with Crippen molar-refractivity contribution in [3.05, 3.63) is 82.8 Å². The van der Waals surface area contributed by atoms with Gasteiger partial charge in [0.1, 0.15) is 5.82 Å². The molecule has 2 aromatic rings. The summed E-state index contributed by atoms with van der Waals surface area (Å²) >= 11 is 0. The first kappa shape index (κ1) is 18.8. The van der Waals surface area contributed by atoms with Crippen molar-refractivity contribution in [1.82, 2.24) is 0 Å². The quantitative estimate of drug-likeness (QED) is 0.852. The average molecular weight is 384 g/mol. The molecule has 2 aromatic carbocycles. The fourth-order valence-electron chi connectivity index (χ4n) is 4.37. The molecule has 0 saturated carbocycles. The SMILES string of the molecule is CC1(C)CC(=O)C2=C(C1)N(c1ccccc1)C(N)=C(C#N)C2c1ccc([O-])cc1. The summed E-state index contributed by atoms with van der Waals surface area (Å²) in [7, 11) is 0. The number of allylic oxidation sites excluding steroid dienone is 3. The third-order valence-corrected chi connectivity index (χ3v) is 5.61. The Labute approximate surface area is 170 Å². The lowest BCUT2D eigenvalue weighted by Crippen LogP contribution is -2.42. The highest BCUT2D eigenvalue weighted by Crippen LogP contribution is 2.50. The van der Waals surface area contributed by atoms with Crippen LogP contribution in [-0.4, -0.2) is 5.78 Å². The number of carbonyl (C=O) groups excluding carboxylic acids is 1. The van der Waals surface area contributed by atoms with Crippen molar-refractivity contribution in [1.29, 1.82) is 5.26 Å². The van der Waals surface area contributed by atoms with Crippen molar-refractivity contribution in [2.75, 3.05) is 4.90 Å². The van der Waals surface area contributed by atoms with Gasteiger partial charge in [-0.1, -0.05) is 56.3 Å². The van der Waals surface area contributed by atoms with Crippen LogP contribution in [0.15, 0.2) is 77.3 Å². The molecule has 0 spiro atoms. The number of carbonyl (C=O) groups is 1. The Bertz CT molecular complexity index is 1070. The zero-order valence-corrected chi connectivity index (χ0v) is 16.5. The van der Waals surface area contributed by atoms with Gasteiger partial charge < -0.3 is 10.8 Å². The van der Waals surface area contributed by atoms with Crippen molar-refractivity contribution in [2.45, 2.75) is 32.6 Å². The van der Waals surface area contributed by atoms with Gasteiger partial charge >= 0.3 is 0 Å². The summed E-state index contributed by atoms with van der Waals surface area (Å²) in [6.45, 7) is 4.14. The maximum Gasteiger partial charge on any atom is 0.162 e. The third kappa shape index (κ3) is 3.17. The van der Waals surface area contributed by atoms with Gasteiger partial charge in [0.05, 0.1) is 17.6 Å². The molecule has 1 atom stereocenters. The van der Waals surface area contributed by atoms with E-state index in [1.54, 1.807) is 12.1 Å². The van der Waals surface area contributed by atoms with Gasteiger partial charge in [-0.25, -0.2) is 0 Å². The van der Waals surface area contributed by atoms with Crippen LogP contribution in [0.1, 0.15) is 38.2 Å². The highest BCUT2D eigenvalue weighted by molar-refractivity contribution is 6.01. The molecular weight excluding hydrogens is 362 g/mol. The number of para-hydroxylation sites is 1. The highest BCUT2D eigenvalue weighted by atomic mass is 16.3. The van der Waals surface area contributed by atoms with Gasteiger partial charge in [0.15, 0.2) is 5.78 Å². The second kappa shape index (κ2) is 6.82. The molecule has 1 heterocycles. The topological polar surface area (TPSA) is 93.2 Å². The lowest BCUT2D eigenvalue weighted by atomic mass is 9.68. The van der Waals surface area contributed by atoms with Gasteiger partial charge in [0.2, 0.25) is 0 Å². The minimum atomic E-state index is -0.556. The predicted octanol–water partition coefficient (Wildman–Crippen LogP) is 3.70. The van der Waals surface area contributed by atoms with E-state index in [1.165, 1.54) is 12.1 Å². The van der Waals surface area contributed by atoms with E-state index in [9.17, 15) is 15.2 Å². The van der Waals surface area contributed by atoms with Crippen LogP contribution in [0.3, 0.4) is 0 Å². The standard InChI is InChI=1S/C24H23N3O2/c1-24(2)12-19-22(20(29)13-24)21(15-8-10-17(28)11-9-15)18(14-25)23(26)27(19)16-6-4-3-5-7-16/h3-11,21,28H,12-13,26H2,1-2H3/p-1. The molecule has 29 heavy (non-hydrogen) atoms. The molecule has 146 valence electrons. The van der Waals surface area contributed by atoms with Crippen LogP contribution in [0.2, 0.25) is 0 Å². The molecule has 1 aliphatic heterocycles. The minimum absolute atomic E-state index is 0.0219. The lowest BCUT2D eigenvalue weighted by Gasteiger charge is -2.43. The molecule has 2 N–H and O–H groups in total. The summed E-state index contributed by atoms with van der Waals surface area (Å²) in [5.74, 6) is -0.316. The number of nitrogens with two attached hydrogens (primary N) is 1. The van der Waals surface area contributed by atoms with Crippen molar-refractivity contribution in [2.24, 2.45) is 11.1 Å². The molecule has 4 rings (SSSR count). The van der Waals surface area contributed by atoms with E-state index in [0.29, 0.717) is 29.8 Å². The second-order valence-electron chi connectivity index (χ2n) is 8.39. The van der Waals surface area contributed by atoms with Crippen molar-refractivity contribution in [3.63, 3.8) is 0 Å². The zero-order valence-electron chi connectivity index (χ0n) is 16.5. The zero-order chi connectivity index (χ0) is 20.8. The van der Waals surface area contributed by atoms with E-state index >= 15 is 0 Å². The van der Waals surface area contributed by atoms with Gasteiger partial charge in [-0.2, -0.15) is 5.26 Å². The fraction of sp³-hybridized carbons (Fsp3) is 0.250. The van der Waals surface area contributed by atoms with Gasteiger partial charge in [-0.05, 0) is 29.5 Å². The van der Waals surface area contributed by atoms with Crippen LogP contribution < -0.4 is 15.7 Å². The summed E-state index contributed by atoms with van der Waals surface area (Å²) in [6, 6.07) is 18.1. The largest absolute Gasteiger partial charge is 0.872 e. The first-order valence-electron chi connectivity index (χ1n) is 9.60. The number of Topliss-reactive ketones (excluding diaryl/α,β-unsaturated/α-hetero) is 1. The summed E-state index contributed by atoms with van der Waals surface area (Å²) in [5.41, 5.74) is 9.67. The molecule has 5 heteroatoms. The molecule has 0 saturated heterocycles. The fourth-order valence-corrected chi connectivity index (χ4v) is 4.37. The minimum Gasteiger partial charge on any atom is -0.872 e. The number of nitriles is 1. The molecule has 0 bridgehead atoms. The summed E-state index contributed by atoms with van der Waals surface area (Å²) in [6.07, 6.45) is 1.07. The summed E-state index contributed by atoms with van der Waals surface area (Å²) in [5, 5.41) is 21.6. The van der Waals surface area contributed by atoms with E-state index in [2.05, 4.69) is 19.9 Å². The molecule has 0 radical (unpaired) electrons. The van der Waals surface area contributed by atoms with Gasteiger partial charge in [-0.15, -0.1) is 5.75 Å². The number of benzene rings is 2. The van der Waals surface area contributed by atoms with E-state index < -0.39 is 5.92 Å². The van der Waals surface area contributed by atoms with Crippen molar-refractivity contribution >= 4 is 11.5 Å². The molecule has 5 nitrogen and oxygen atoms in total. The molecule has 0 aromatic heterocycles. The van der Waals surface area contributed by atoms with Gasteiger partial charge in [0, 0.05) is 23.4 Å². The first-order valence-corrected chi connectivity index (χ1v) is 9.60. The summed E-state index contributed by atoms with van der Waals surface area (Å²) in [4.78, 5) is 15.2. The number of hydrogen-bond donors (Lipinski definition) is 1. The van der Waals surface area contributed by atoms with Crippen molar-refractivity contribution in [3.8, 4) is 11.8 Å². The Morgan fingerprint density at radius 3 is 2.38 bits per heavy atom. The number of anilines is 1. The molecule has 1 aliphatic carbocycles. The Morgan fingerprint density at radius 2 is 1.76 bits per heavy atom. The summed E-state index contributed by atoms with van der Waals surface area (Å²) < 4.78 is 0. The smallest absolute Gasteiger partial charge is 0.162 e. The van der Waals surface area contributed by atoms with Crippen LogP contribution in [0.4, 0.5) is 5.69 Å². The maximum absolute atomic E-state index is 13.3. The average Bonchev–Trinajstić information content (AvgIpc) is 2.67. The van der Waals surface area contributed by atoms with Crippen LogP contribution in [0.25, 0.3) is 0 Å². The molecule has 0 fully saturated rings. The molecule has 2 aliphatic rings. The number of rotatable bonds is 2. The molecule has 0 amide bonds. The van der Waals surface area contributed by atoms with Gasteiger partial charge in [-0.3, -0.25) is 9.69 Å². The van der Waals surface area contributed by atoms with E-state index in [-0.39, 0.29) is 16.9 Å². The van der Waals surface area contributed by atoms with E-state index in [4.69, 9.17) is 5.73 Å². The monoisotopic (exact) mass is 384 g/mol. The van der Waals surface area contributed by atoms with Crippen LogP contribution in [-0.2, 0) is 4.79 Å². The first-order chi connectivity index (χ1) is 13.8. The van der Waals surface area contributed by atoms with Crippen molar-refractivity contribution < 1.29 is 9.90 Å². The molecule has 1 unspecified atom stereocenters. The maximum atomic E-state index is 13.3. The number of hydrogen-bond acceptors (Lipinski definition) is 5. The third-order valence-electron chi connectivity index (χ3n) is 5.61. The van der Waals surface area contributed by atoms with Crippen LogP contribution in [0.5, 0.6) is 5.75 Å². The lowest BCUT2D eigenvalue weighted by molar-refractivity contribution is -0.268. The Hall–Kier alpha value is -3.52. The number of ketones is 1. The predicted molar refractivity (Wildman–Crippen MR) is 109 cm³/mol. The second-order valence-corrected chi connectivity index (χ2v) is 8.39.